The molecule has 2 rings (SSSR count). The molecule has 19 heavy (non-hydrogen) atoms. The topological polar surface area (TPSA) is 96.5 Å². The molecule has 1 aromatic heterocycles. The number of carboxylic acid groups (broad SMARTS) is 1. The lowest BCUT2D eigenvalue weighted by atomic mass is 10.1. The Hall–Kier alpha value is -2.37. The Balaban J connectivity index is 2.12. The van der Waals surface area contributed by atoms with Gasteiger partial charge in [-0.05, 0) is 25.5 Å². The molecule has 6 nitrogen and oxygen atoms in total. The van der Waals surface area contributed by atoms with Crippen LogP contribution in [-0.2, 0) is 11.2 Å². The smallest absolute Gasteiger partial charge is 0.303 e. The predicted octanol–water partition coefficient (Wildman–Crippen LogP) is 2.16. The lowest BCUT2D eigenvalue weighted by Crippen LogP contribution is -1.95. The first-order chi connectivity index (χ1) is 9.08. The van der Waals surface area contributed by atoms with Crippen molar-refractivity contribution in [3.8, 4) is 17.2 Å². The summed E-state index contributed by atoms with van der Waals surface area (Å²) >= 11 is 0. The molecule has 0 spiro atoms. The molecular weight excluding hydrogens is 248 g/mol. The number of rotatable bonds is 5. The molecular formula is C13H14N2O4. The van der Waals surface area contributed by atoms with E-state index in [1.54, 1.807) is 25.1 Å². The van der Waals surface area contributed by atoms with Gasteiger partial charge in [0.1, 0.15) is 5.75 Å². The zero-order valence-electron chi connectivity index (χ0n) is 10.5. The first kappa shape index (κ1) is 13.1. The van der Waals surface area contributed by atoms with Crippen molar-refractivity contribution in [2.45, 2.75) is 26.2 Å². The van der Waals surface area contributed by atoms with Gasteiger partial charge < -0.3 is 14.6 Å². The summed E-state index contributed by atoms with van der Waals surface area (Å²) < 4.78 is 5.46. The second kappa shape index (κ2) is 5.51. The van der Waals surface area contributed by atoms with Crippen LogP contribution < -0.4 is 0 Å². The molecule has 0 unspecified atom stereocenters. The fraction of sp³-hybridized carbons (Fsp3) is 0.308. The van der Waals surface area contributed by atoms with E-state index < -0.39 is 5.97 Å². The van der Waals surface area contributed by atoms with Gasteiger partial charge in [0.25, 0.3) is 0 Å². The molecule has 0 aliphatic heterocycles. The number of carboxylic acids is 1. The Bertz CT molecular complexity index is 592. The normalized spacial score (nSPS) is 10.6. The van der Waals surface area contributed by atoms with Crippen LogP contribution >= 0.6 is 0 Å². The highest BCUT2D eigenvalue weighted by Crippen LogP contribution is 2.28. The van der Waals surface area contributed by atoms with E-state index in [4.69, 9.17) is 9.52 Å². The van der Waals surface area contributed by atoms with E-state index in [1.807, 2.05) is 0 Å². The number of carbonyl (C=O) groups is 1. The summed E-state index contributed by atoms with van der Waals surface area (Å²) in [4.78, 5) is 10.4. The first-order valence-corrected chi connectivity index (χ1v) is 5.91. The van der Waals surface area contributed by atoms with E-state index >= 15 is 0 Å². The number of aryl methyl sites for hydroxylation is 1. The lowest BCUT2D eigenvalue weighted by Gasteiger charge is -2.02. The van der Waals surface area contributed by atoms with E-state index in [9.17, 15) is 9.90 Å². The summed E-state index contributed by atoms with van der Waals surface area (Å²) in [6.45, 7) is 1.76. The number of nitrogens with zero attached hydrogens (tertiary/aromatic N) is 2. The Kier molecular flexibility index (Phi) is 3.79. The van der Waals surface area contributed by atoms with Crippen LogP contribution in [0.3, 0.4) is 0 Å². The minimum atomic E-state index is -0.844. The third-order valence-corrected chi connectivity index (χ3v) is 2.78. The fourth-order valence-electron chi connectivity index (χ4n) is 1.71. The van der Waals surface area contributed by atoms with Gasteiger partial charge >= 0.3 is 5.97 Å². The van der Waals surface area contributed by atoms with Crippen LogP contribution in [0.15, 0.2) is 22.6 Å². The van der Waals surface area contributed by atoms with Crippen molar-refractivity contribution >= 4 is 5.97 Å². The number of aliphatic carboxylic acids is 1. The van der Waals surface area contributed by atoms with Crippen molar-refractivity contribution in [2.75, 3.05) is 0 Å². The second-order valence-electron chi connectivity index (χ2n) is 4.20. The molecule has 2 N–H and O–H groups in total. The molecule has 0 atom stereocenters. The highest BCUT2D eigenvalue weighted by atomic mass is 16.4. The van der Waals surface area contributed by atoms with Crippen molar-refractivity contribution in [1.29, 1.82) is 0 Å². The Morgan fingerprint density at radius 3 is 2.89 bits per heavy atom. The van der Waals surface area contributed by atoms with Crippen molar-refractivity contribution in [1.82, 2.24) is 10.2 Å². The number of phenolic OH excluding ortho intramolecular Hbond substituents is 1. The van der Waals surface area contributed by atoms with E-state index in [0.717, 1.165) is 0 Å². The van der Waals surface area contributed by atoms with E-state index in [2.05, 4.69) is 10.2 Å². The van der Waals surface area contributed by atoms with Crippen LogP contribution in [0.4, 0.5) is 0 Å². The van der Waals surface area contributed by atoms with Gasteiger partial charge in [-0.1, -0.05) is 6.07 Å². The Morgan fingerprint density at radius 2 is 2.16 bits per heavy atom. The number of aromatic hydroxyl groups is 1. The maximum atomic E-state index is 10.4. The monoisotopic (exact) mass is 262 g/mol. The summed E-state index contributed by atoms with van der Waals surface area (Å²) in [6, 6.07) is 5.07. The largest absolute Gasteiger partial charge is 0.508 e. The zero-order valence-corrected chi connectivity index (χ0v) is 10.5. The average Bonchev–Trinajstić information content (AvgIpc) is 2.81. The molecule has 6 heteroatoms. The molecule has 100 valence electrons. The van der Waals surface area contributed by atoms with Crippen LogP contribution in [0.25, 0.3) is 11.5 Å². The third kappa shape index (κ3) is 3.09. The van der Waals surface area contributed by atoms with Gasteiger partial charge in [-0.3, -0.25) is 4.79 Å². The quantitative estimate of drug-likeness (QED) is 0.857. The zero-order chi connectivity index (χ0) is 13.8. The summed E-state index contributed by atoms with van der Waals surface area (Å²) in [5.74, 6) is 0.0596. The third-order valence-electron chi connectivity index (χ3n) is 2.78. The Morgan fingerprint density at radius 1 is 1.37 bits per heavy atom. The highest BCUT2D eigenvalue weighted by Gasteiger charge is 2.12. The maximum Gasteiger partial charge on any atom is 0.303 e. The minimum absolute atomic E-state index is 0.0723. The van der Waals surface area contributed by atoms with E-state index in [1.165, 1.54) is 0 Å². The van der Waals surface area contributed by atoms with Gasteiger partial charge in [0.2, 0.25) is 11.8 Å². The molecule has 0 aliphatic rings. The van der Waals surface area contributed by atoms with Crippen molar-refractivity contribution in [3.05, 3.63) is 29.7 Å². The molecule has 2 aromatic rings. The van der Waals surface area contributed by atoms with E-state index in [0.29, 0.717) is 35.7 Å². The minimum Gasteiger partial charge on any atom is -0.508 e. The van der Waals surface area contributed by atoms with Gasteiger partial charge in [-0.2, -0.15) is 0 Å². The van der Waals surface area contributed by atoms with Crippen LogP contribution in [0.5, 0.6) is 5.75 Å². The molecule has 1 aromatic carbocycles. The first-order valence-electron chi connectivity index (χ1n) is 5.91. The number of benzene rings is 1. The van der Waals surface area contributed by atoms with Gasteiger partial charge in [0.05, 0.1) is 0 Å². The predicted molar refractivity (Wildman–Crippen MR) is 66.7 cm³/mol. The molecule has 0 saturated heterocycles. The fourth-order valence-corrected chi connectivity index (χ4v) is 1.71. The molecule has 1 heterocycles. The summed E-state index contributed by atoms with van der Waals surface area (Å²) in [5, 5.41) is 25.9. The highest BCUT2D eigenvalue weighted by molar-refractivity contribution is 5.66. The molecule has 0 aliphatic carbocycles. The molecule has 0 saturated carbocycles. The maximum absolute atomic E-state index is 10.4. The SMILES string of the molecule is Cc1c(O)cccc1-c1nnc(CCCC(=O)O)o1. The summed E-state index contributed by atoms with van der Waals surface area (Å²) in [7, 11) is 0. The number of hydrogen-bond donors (Lipinski definition) is 2. The molecule has 0 fully saturated rings. The number of phenols is 1. The van der Waals surface area contributed by atoms with Gasteiger partial charge in [-0.25, -0.2) is 0 Å². The van der Waals surface area contributed by atoms with Crippen molar-refractivity contribution in [2.24, 2.45) is 0 Å². The lowest BCUT2D eigenvalue weighted by molar-refractivity contribution is -0.137. The van der Waals surface area contributed by atoms with Gasteiger partial charge in [0, 0.05) is 24.0 Å². The van der Waals surface area contributed by atoms with Gasteiger partial charge in [0.15, 0.2) is 0 Å². The molecule has 0 amide bonds. The van der Waals surface area contributed by atoms with Crippen LogP contribution in [0.2, 0.25) is 0 Å². The van der Waals surface area contributed by atoms with Crippen molar-refractivity contribution < 1.29 is 19.4 Å². The van der Waals surface area contributed by atoms with Crippen molar-refractivity contribution in [3.63, 3.8) is 0 Å². The summed E-state index contributed by atoms with van der Waals surface area (Å²) in [5.41, 5.74) is 1.35. The average molecular weight is 262 g/mol. The number of aromatic nitrogens is 2. The molecule has 0 radical (unpaired) electrons. The number of hydrogen-bond acceptors (Lipinski definition) is 5. The van der Waals surface area contributed by atoms with E-state index in [-0.39, 0.29) is 12.2 Å². The van der Waals surface area contributed by atoms with Gasteiger partial charge in [-0.15, -0.1) is 10.2 Å². The van der Waals surface area contributed by atoms with Crippen LogP contribution in [-0.4, -0.2) is 26.4 Å². The standard InChI is InChI=1S/C13H14N2O4/c1-8-9(4-2-5-10(8)16)13-15-14-11(19-13)6-3-7-12(17)18/h2,4-5,16H,3,6-7H2,1H3,(H,17,18). The summed E-state index contributed by atoms with van der Waals surface area (Å²) in [6.07, 6.45) is 0.954. The Labute approximate surface area is 109 Å². The van der Waals surface area contributed by atoms with Crippen LogP contribution in [0, 0.1) is 6.92 Å². The van der Waals surface area contributed by atoms with Crippen LogP contribution in [0.1, 0.15) is 24.3 Å². The second-order valence-corrected chi connectivity index (χ2v) is 4.20. The molecule has 0 bridgehead atoms.